The zero-order valence-corrected chi connectivity index (χ0v) is 14.6. The monoisotopic (exact) mass is 309 g/mol. The van der Waals surface area contributed by atoms with Gasteiger partial charge >= 0.3 is 0 Å². The van der Waals surface area contributed by atoms with Gasteiger partial charge in [-0.15, -0.1) is 0 Å². The Balaban J connectivity index is 2.13. The molecule has 0 fully saturated rings. The number of anilines is 1. The fourth-order valence-electron chi connectivity index (χ4n) is 2.71. The van der Waals surface area contributed by atoms with E-state index in [0.29, 0.717) is 0 Å². The molecule has 0 aromatic heterocycles. The van der Waals surface area contributed by atoms with Crippen LogP contribution in [0.1, 0.15) is 57.6 Å². The third-order valence-corrected chi connectivity index (χ3v) is 4.11. The lowest BCUT2D eigenvalue weighted by atomic mass is 9.87. The number of hydrogen-bond donors (Lipinski definition) is 1. The van der Waals surface area contributed by atoms with E-state index in [2.05, 4.69) is 45.1 Å². The van der Waals surface area contributed by atoms with Crippen LogP contribution >= 0.6 is 0 Å². The Hall–Kier alpha value is -2.09. The fraction of sp³-hybridized carbons (Fsp3) is 0.381. The molecule has 0 aliphatic carbocycles. The summed E-state index contributed by atoms with van der Waals surface area (Å²) in [6.07, 6.45) is 1.84. The molecule has 0 aliphatic heterocycles. The maximum absolute atomic E-state index is 12.7. The molecule has 2 rings (SSSR count). The number of carbonyl (C=O) groups is 1. The van der Waals surface area contributed by atoms with E-state index in [4.69, 9.17) is 0 Å². The molecule has 1 amide bonds. The number of carbonyl (C=O) groups excluding carboxylic acids is 1. The van der Waals surface area contributed by atoms with Crippen LogP contribution in [0.15, 0.2) is 54.6 Å². The summed E-state index contributed by atoms with van der Waals surface area (Å²) in [7, 11) is 0. The number of benzene rings is 2. The van der Waals surface area contributed by atoms with Crippen LogP contribution in [0.25, 0.3) is 0 Å². The zero-order valence-electron chi connectivity index (χ0n) is 14.6. The number of hydrogen-bond acceptors (Lipinski definition) is 1. The van der Waals surface area contributed by atoms with Gasteiger partial charge in [0, 0.05) is 5.69 Å². The van der Waals surface area contributed by atoms with Crippen LogP contribution in [0.2, 0.25) is 0 Å². The van der Waals surface area contributed by atoms with Gasteiger partial charge in [0.1, 0.15) is 0 Å². The third-order valence-electron chi connectivity index (χ3n) is 4.11. The second-order valence-corrected chi connectivity index (χ2v) is 7.07. The molecule has 23 heavy (non-hydrogen) atoms. The molecule has 0 spiro atoms. The zero-order chi connectivity index (χ0) is 16.9. The van der Waals surface area contributed by atoms with E-state index in [1.54, 1.807) is 0 Å². The minimum atomic E-state index is -0.0940. The van der Waals surface area contributed by atoms with E-state index < -0.39 is 0 Å². The highest BCUT2D eigenvalue weighted by Gasteiger charge is 2.20. The van der Waals surface area contributed by atoms with Crippen molar-refractivity contribution in [2.24, 2.45) is 0 Å². The normalized spacial score (nSPS) is 12.7. The Labute approximate surface area is 139 Å². The van der Waals surface area contributed by atoms with Gasteiger partial charge in [-0.3, -0.25) is 4.79 Å². The van der Waals surface area contributed by atoms with Crippen LogP contribution in [-0.2, 0) is 10.2 Å². The van der Waals surface area contributed by atoms with E-state index in [1.807, 2.05) is 42.5 Å². The summed E-state index contributed by atoms with van der Waals surface area (Å²) in [6, 6.07) is 18.2. The van der Waals surface area contributed by atoms with Crippen molar-refractivity contribution in [1.29, 1.82) is 0 Å². The smallest absolute Gasteiger partial charge is 0.231 e. The quantitative estimate of drug-likeness (QED) is 0.775. The van der Waals surface area contributed by atoms with Crippen molar-refractivity contribution in [3.8, 4) is 0 Å². The molecule has 0 saturated carbocycles. The Morgan fingerprint density at radius 1 is 1.00 bits per heavy atom. The van der Waals surface area contributed by atoms with Gasteiger partial charge in [-0.05, 0) is 35.1 Å². The molecule has 2 aromatic rings. The Bertz CT molecular complexity index is 623. The second-order valence-electron chi connectivity index (χ2n) is 7.07. The Morgan fingerprint density at radius 3 is 2.13 bits per heavy atom. The van der Waals surface area contributed by atoms with Gasteiger partial charge in [0.2, 0.25) is 5.91 Å². The van der Waals surface area contributed by atoms with Crippen LogP contribution in [0.4, 0.5) is 5.69 Å². The van der Waals surface area contributed by atoms with Crippen LogP contribution in [-0.4, -0.2) is 5.91 Å². The number of nitrogens with one attached hydrogen (secondary N) is 1. The predicted molar refractivity (Wildman–Crippen MR) is 97.9 cm³/mol. The molecule has 0 unspecified atom stereocenters. The Morgan fingerprint density at radius 2 is 1.61 bits per heavy atom. The lowest BCUT2D eigenvalue weighted by molar-refractivity contribution is -0.117. The largest absolute Gasteiger partial charge is 0.326 e. The topological polar surface area (TPSA) is 29.1 Å². The average Bonchev–Trinajstić information content (AvgIpc) is 2.53. The summed E-state index contributed by atoms with van der Waals surface area (Å²) < 4.78 is 0. The van der Waals surface area contributed by atoms with Gasteiger partial charge in [-0.1, -0.05) is 76.6 Å². The van der Waals surface area contributed by atoms with Gasteiger partial charge in [0.25, 0.3) is 0 Å². The lowest BCUT2D eigenvalue weighted by Gasteiger charge is -2.20. The van der Waals surface area contributed by atoms with Gasteiger partial charge in [-0.25, -0.2) is 0 Å². The van der Waals surface area contributed by atoms with Gasteiger partial charge in [0.15, 0.2) is 0 Å². The SMILES string of the molecule is CCC[C@H](C(=O)Nc1ccc(C(C)(C)C)cc1)c1ccccc1. The first kappa shape index (κ1) is 17.3. The van der Waals surface area contributed by atoms with Crippen molar-refractivity contribution in [3.05, 3.63) is 65.7 Å². The molecule has 0 saturated heterocycles. The summed E-state index contributed by atoms with van der Waals surface area (Å²) in [5.74, 6) is -0.0231. The summed E-state index contributed by atoms with van der Waals surface area (Å²) in [5, 5.41) is 3.07. The first-order chi connectivity index (χ1) is 10.9. The third kappa shape index (κ3) is 4.69. The molecule has 2 heteroatoms. The van der Waals surface area contributed by atoms with Crippen molar-refractivity contribution in [1.82, 2.24) is 0 Å². The van der Waals surface area contributed by atoms with E-state index in [1.165, 1.54) is 5.56 Å². The van der Waals surface area contributed by atoms with Crippen molar-refractivity contribution in [3.63, 3.8) is 0 Å². The molecule has 0 aliphatic rings. The number of amides is 1. The molecule has 1 atom stereocenters. The fourth-order valence-corrected chi connectivity index (χ4v) is 2.71. The van der Waals surface area contributed by atoms with E-state index in [0.717, 1.165) is 24.1 Å². The van der Waals surface area contributed by atoms with Crippen molar-refractivity contribution in [2.75, 3.05) is 5.32 Å². The Kier molecular flexibility index (Phi) is 5.59. The second kappa shape index (κ2) is 7.45. The highest BCUT2D eigenvalue weighted by Crippen LogP contribution is 2.26. The molecular formula is C21H27NO. The molecule has 1 N–H and O–H groups in total. The van der Waals surface area contributed by atoms with Crippen LogP contribution < -0.4 is 5.32 Å². The minimum Gasteiger partial charge on any atom is -0.326 e. The summed E-state index contributed by atoms with van der Waals surface area (Å²) in [5.41, 5.74) is 3.33. The van der Waals surface area contributed by atoms with Crippen LogP contribution in [0.3, 0.4) is 0 Å². The van der Waals surface area contributed by atoms with E-state index in [9.17, 15) is 4.79 Å². The van der Waals surface area contributed by atoms with Gasteiger partial charge < -0.3 is 5.32 Å². The highest BCUT2D eigenvalue weighted by molar-refractivity contribution is 5.95. The minimum absolute atomic E-state index is 0.0709. The molecule has 122 valence electrons. The predicted octanol–water partition coefficient (Wildman–Crippen LogP) is 5.51. The van der Waals surface area contributed by atoms with Crippen LogP contribution in [0, 0.1) is 0 Å². The average molecular weight is 309 g/mol. The molecule has 0 radical (unpaired) electrons. The summed E-state index contributed by atoms with van der Waals surface area (Å²) in [6.45, 7) is 8.68. The van der Waals surface area contributed by atoms with Crippen molar-refractivity contribution in [2.45, 2.75) is 51.9 Å². The van der Waals surface area contributed by atoms with Crippen LogP contribution in [0.5, 0.6) is 0 Å². The first-order valence-electron chi connectivity index (χ1n) is 8.38. The van der Waals surface area contributed by atoms with Gasteiger partial charge in [0.05, 0.1) is 5.92 Å². The van der Waals surface area contributed by atoms with E-state index in [-0.39, 0.29) is 17.2 Å². The van der Waals surface area contributed by atoms with E-state index >= 15 is 0 Å². The first-order valence-corrected chi connectivity index (χ1v) is 8.38. The molecule has 0 bridgehead atoms. The summed E-state index contributed by atoms with van der Waals surface area (Å²) >= 11 is 0. The molecule has 2 aromatic carbocycles. The lowest BCUT2D eigenvalue weighted by Crippen LogP contribution is -2.21. The maximum atomic E-state index is 12.7. The maximum Gasteiger partial charge on any atom is 0.231 e. The van der Waals surface area contributed by atoms with Gasteiger partial charge in [-0.2, -0.15) is 0 Å². The molecular weight excluding hydrogens is 282 g/mol. The summed E-state index contributed by atoms with van der Waals surface area (Å²) in [4.78, 5) is 12.7. The molecule has 0 heterocycles. The molecule has 2 nitrogen and oxygen atoms in total. The van der Waals surface area contributed by atoms with Crippen molar-refractivity contribution >= 4 is 11.6 Å². The number of rotatable bonds is 5. The highest BCUT2D eigenvalue weighted by atomic mass is 16.1. The standard InChI is InChI=1S/C21H27NO/c1-5-9-19(16-10-7-6-8-11-16)20(23)22-18-14-12-17(13-15-18)21(2,3)4/h6-8,10-15,19H,5,9H2,1-4H3,(H,22,23)/t19-/m0/s1. The van der Waals surface area contributed by atoms with Crippen molar-refractivity contribution < 1.29 is 4.79 Å².